The Morgan fingerprint density at radius 3 is 2.93 bits per heavy atom. The largest absolute Gasteiger partial charge is 0.464 e. The molecular formula is C11H17NOS. The van der Waals surface area contributed by atoms with Gasteiger partial charge in [0.25, 0.3) is 0 Å². The molecule has 0 saturated carbocycles. The van der Waals surface area contributed by atoms with Gasteiger partial charge in [0, 0.05) is 6.04 Å². The molecule has 0 aromatic carbocycles. The minimum absolute atomic E-state index is 0.323. The van der Waals surface area contributed by atoms with E-state index in [-0.39, 0.29) is 0 Å². The molecular weight excluding hydrogens is 194 g/mol. The molecule has 0 saturated heterocycles. The van der Waals surface area contributed by atoms with Crippen LogP contribution in [0.15, 0.2) is 29.2 Å². The highest BCUT2D eigenvalue weighted by atomic mass is 32.2. The summed E-state index contributed by atoms with van der Waals surface area (Å²) < 4.78 is 5.60. The summed E-state index contributed by atoms with van der Waals surface area (Å²) in [5.41, 5.74) is 0. The van der Waals surface area contributed by atoms with Crippen LogP contribution in [0.2, 0.25) is 0 Å². The molecule has 0 spiro atoms. The molecule has 0 bridgehead atoms. The van der Waals surface area contributed by atoms with Gasteiger partial charge in [0.05, 0.1) is 12.3 Å². The number of rotatable bonds is 6. The molecule has 14 heavy (non-hydrogen) atoms. The van der Waals surface area contributed by atoms with Gasteiger partial charge in [-0.1, -0.05) is 6.08 Å². The third-order valence-electron chi connectivity index (χ3n) is 1.96. The van der Waals surface area contributed by atoms with Crippen LogP contribution in [0.5, 0.6) is 0 Å². The molecule has 1 heterocycles. The minimum atomic E-state index is 0.323. The zero-order valence-corrected chi connectivity index (χ0v) is 9.56. The van der Waals surface area contributed by atoms with Gasteiger partial charge in [0.15, 0.2) is 0 Å². The van der Waals surface area contributed by atoms with Crippen LogP contribution >= 0.6 is 11.8 Å². The first-order valence-corrected chi connectivity index (χ1v) is 6.08. The van der Waals surface area contributed by atoms with Gasteiger partial charge < -0.3 is 9.73 Å². The van der Waals surface area contributed by atoms with Crippen molar-refractivity contribution in [2.45, 2.75) is 25.3 Å². The fraction of sp³-hybridized carbons (Fsp3) is 0.455. The summed E-state index contributed by atoms with van der Waals surface area (Å²) in [6.45, 7) is 6.54. The summed E-state index contributed by atoms with van der Waals surface area (Å²) in [7, 11) is 0. The van der Waals surface area contributed by atoms with Gasteiger partial charge in [-0.15, -0.1) is 6.58 Å². The molecule has 1 atom stereocenters. The van der Waals surface area contributed by atoms with Crippen molar-refractivity contribution in [2.75, 3.05) is 6.26 Å². The highest BCUT2D eigenvalue weighted by molar-refractivity contribution is 7.97. The van der Waals surface area contributed by atoms with Gasteiger partial charge >= 0.3 is 0 Å². The molecule has 1 aromatic rings. The van der Waals surface area contributed by atoms with E-state index in [1.807, 2.05) is 18.2 Å². The molecule has 1 unspecified atom stereocenters. The predicted molar refractivity (Wildman–Crippen MR) is 62.4 cm³/mol. The Bertz CT molecular complexity index is 283. The second kappa shape index (κ2) is 5.94. The summed E-state index contributed by atoms with van der Waals surface area (Å²) in [6, 6.07) is 4.38. The monoisotopic (exact) mass is 211 g/mol. The number of hydrogen-bond acceptors (Lipinski definition) is 3. The van der Waals surface area contributed by atoms with E-state index in [0.29, 0.717) is 6.04 Å². The summed E-state index contributed by atoms with van der Waals surface area (Å²) in [4.78, 5) is 0. The smallest absolute Gasteiger partial charge is 0.118 e. The quantitative estimate of drug-likeness (QED) is 0.732. The predicted octanol–water partition coefficient (Wildman–Crippen LogP) is 2.81. The molecule has 2 nitrogen and oxygen atoms in total. The van der Waals surface area contributed by atoms with Crippen molar-refractivity contribution in [3.8, 4) is 0 Å². The lowest BCUT2D eigenvalue weighted by atomic mass is 10.3. The molecule has 0 radical (unpaired) electrons. The van der Waals surface area contributed by atoms with Crippen molar-refractivity contribution < 1.29 is 4.42 Å². The maximum atomic E-state index is 5.60. The van der Waals surface area contributed by atoms with E-state index in [0.717, 1.165) is 23.8 Å². The first-order chi connectivity index (χ1) is 6.76. The number of hydrogen-bond donors (Lipinski definition) is 1. The fourth-order valence-electron chi connectivity index (χ4n) is 1.08. The lowest BCUT2D eigenvalue weighted by Gasteiger charge is -2.06. The van der Waals surface area contributed by atoms with Crippen molar-refractivity contribution in [3.05, 3.63) is 36.3 Å². The Morgan fingerprint density at radius 1 is 1.57 bits per heavy atom. The average molecular weight is 211 g/mol. The van der Waals surface area contributed by atoms with Crippen molar-refractivity contribution in [1.29, 1.82) is 0 Å². The maximum absolute atomic E-state index is 5.60. The Kier molecular flexibility index (Phi) is 4.84. The number of furan rings is 1. The Morgan fingerprint density at radius 2 is 2.29 bits per heavy atom. The van der Waals surface area contributed by atoms with Gasteiger partial charge in [-0.05, 0) is 25.3 Å². The first kappa shape index (κ1) is 11.4. The van der Waals surface area contributed by atoms with Crippen LogP contribution in [-0.4, -0.2) is 12.3 Å². The maximum Gasteiger partial charge on any atom is 0.118 e. The van der Waals surface area contributed by atoms with Crippen LogP contribution < -0.4 is 5.32 Å². The SMILES string of the molecule is C=CC(C)NCc1ccc(CSC)o1. The topological polar surface area (TPSA) is 25.2 Å². The standard InChI is InChI=1S/C11H17NOS/c1-4-9(2)12-7-10-5-6-11(13-10)8-14-3/h4-6,9,12H,1,7-8H2,2-3H3. The molecule has 0 fully saturated rings. The average Bonchev–Trinajstić information content (AvgIpc) is 2.63. The third-order valence-corrected chi connectivity index (χ3v) is 2.53. The fourth-order valence-corrected chi connectivity index (χ4v) is 1.52. The zero-order chi connectivity index (χ0) is 10.4. The Balaban J connectivity index is 2.39. The van der Waals surface area contributed by atoms with Gasteiger partial charge in [-0.3, -0.25) is 0 Å². The highest BCUT2D eigenvalue weighted by Gasteiger charge is 2.02. The van der Waals surface area contributed by atoms with Crippen LogP contribution in [0, 0.1) is 0 Å². The number of nitrogens with one attached hydrogen (secondary N) is 1. The van der Waals surface area contributed by atoms with Crippen LogP contribution in [0.1, 0.15) is 18.4 Å². The molecule has 0 aliphatic rings. The van der Waals surface area contributed by atoms with E-state index >= 15 is 0 Å². The van der Waals surface area contributed by atoms with E-state index in [4.69, 9.17) is 4.42 Å². The third kappa shape index (κ3) is 3.60. The zero-order valence-electron chi connectivity index (χ0n) is 8.75. The molecule has 3 heteroatoms. The van der Waals surface area contributed by atoms with Crippen molar-refractivity contribution in [2.24, 2.45) is 0 Å². The van der Waals surface area contributed by atoms with E-state index < -0.39 is 0 Å². The van der Waals surface area contributed by atoms with Crippen LogP contribution in [0.4, 0.5) is 0 Å². The molecule has 1 N–H and O–H groups in total. The second-order valence-electron chi connectivity index (χ2n) is 3.21. The Hall–Kier alpha value is -0.670. The van der Waals surface area contributed by atoms with E-state index in [2.05, 4.69) is 25.1 Å². The number of thioether (sulfide) groups is 1. The lowest BCUT2D eigenvalue weighted by molar-refractivity contribution is 0.453. The van der Waals surface area contributed by atoms with Crippen molar-refractivity contribution >= 4 is 11.8 Å². The molecule has 1 rings (SSSR count). The van der Waals surface area contributed by atoms with Gasteiger partial charge in [0.2, 0.25) is 0 Å². The Labute approximate surface area is 89.8 Å². The van der Waals surface area contributed by atoms with Gasteiger partial charge in [-0.25, -0.2) is 0 Å². The molecule has 0 amide bonds. The minimum Gasteiger partial charge on any atom is -0.464 e. The van der Waals surface area contributed by atoms with Crippen LogP contribution in [-0.2, 0) is 12.3 Å². The van der Waals surface area contributed by atoms with Gasteiger partial charge in [0.1, 0.15) is 11.5 Å². The molecule has 0 aliphatic carbocycles. The van der Waals surface area contributed by atoms with Crippen LogP contribution in [0.25, 0.3) is 0 Å². The highest BCUT2D eigenvalue weighted by Crippen LogP contribution is 2.13. The molecule has 78 valence electrons. The first-order valence-electron chi connectivity index (χ1n) is 4.68. The summed E-state index contributed by atoms with van der Waals surface area (Å²) in [5.74, 6) is 2.97. The van der Waals surface area contributed by atoms with E-state index in [1.165, 1.54) is 0 Å². The second-order valence-corrected chi connectivity index (χ2v) is 4.07. The molecule has 0 aliphatic heterocycles. The van der Waals surface area contributed by atoms with Crippen LogP contribution in [0.3, 0.4) is 0 Å². The summed E-state index contributed by atoms with van der Waals surface area (Å²) in [5, 5.41) is 3.29. The normalized spacial score (nSPS) is 12.7. The summed E-state index contributed by atoms with van der Waals surface area (Å²) in [6.07, 6.45) is 3.95. The van der Waals surface area contributed by atoms with Crippen molar-refractivity contribution in [1.82, 2.24) is 5.32 Å². The van der Waals surface area contributed by atoms with Gasteiger partial charge in [-0.2, -0.15) is 11.8 Å². The van der Waals surface area contributed by atoms with E-state index in [9.17, 15) is 0 Å². The summed E-state index contributed by atoms with van der Waals surface area (Å²) >= 11 is 1.77. The van der Waals surface area contributed by atoms with Crippen molar-refractivity contribution in [3.63, 3.8) is 0 Å². The molecule has 1 aromatic heterocycles. The lowest BCUT2D eigenvalue weighted by Crippen LogP contribution is -2.22. The van der Waals surface area contributed by atoms with E-state index in [1.54, 1.807) is 11.8 Å².